The molecular weight excluding hydrogens is 322 g/mol. The number of rotatable bonds is 4. The molecule has 1 aromatic rings. The van der Waals surface area contributed by atoms with Crippen molar-refractivity contribution in [3.05, 3.63) is 29.7 Å². The molecule has 1 aliphatic rings. The fourth-order valence-corrected chi connectivity index (χ4v) is 2.65. The van der Waals surface area contributed by atoms with Gasteiger partial charge in [-0.25, -0.2) is 9.59 Å². The van der Waals surface area contributed by atoms with E-state index in [2.05, 4.69) is 0 Å². The van der Waals surface area contributed by atoms with Gasteiger partial charge in [-0.05, 0) is 65.2 Å². The molecule has 1 aliphatic heterocycles. The normalized spacial score (nSPS) is 18.4. The van der Waals surface area contributed by atoms with Crippen LogP contribution in [0, 0.1) is 6.92 Å². The van der Waals surface area contributed by atoms with Gasteiger partial charge in [-0.3, -0.25) is 0 Å². The van der Waals surface area contributed by atoms with Gasteiger partial charge < -0.3 is 18.8 Å². The quantitative estimate of drug-likeness (QED) is 0.608. The van der Waals surface area contributed by atoms with Gasteiger partial charge in [-0.15, -0.1) is 0 Å². The molecule has 0 saturated carbocycles. The lowest BCUT2D eigenvalue weighted by atomic mass is 10.0. The minimum atomic E-state index is -0.542. The van der Waals surface area contributed by atoms with Gasteiger partial charge in [0.15, 0.2) is 0 Å². The van der Waals surface area contributed by atoms with Crippen molar-refractivity contribution in [2.45, 2.75) is 58.6 Å². The molecule has 1 atom stereocenters. The van der Waals surface area contributed by atoms with Crippen molar-refractivity contribution in [1.29, 1.82) is 0 Å². The van der Waals surface area contributed by atoms with Gasteiger partial charge in [0.05, 0.1) is 6.04 Å². The summed E-state index contributed by atoms with van der Waals surface area (Å²) in [5.74, 6) is 0.925. The van der Waals surface area contributed by atoms with E-state index in [-0.39, 0.29) is 18.7 Å². The van der Waals surface area contributed by atoms with E-state index in [0.29, 0.717) is 12.3 Å². The minimum absolute atomic E-state index is 0.146. The third kappa shape index (κ3) is 6.29. The number of hydrogen-bond acceptors (Lipinski definition) is 5. The van der Waals surface area contributed by atoms with Crippen molar-refractivity contribution in [1.82, 2.24) is 4.90 Å². The summed E-state index contributed by atoms with van der Waals surface area (Å²) in [6.45, 7) is 8.14. The van der Waals surface area contributed by atoms with Crippen LogP contribution in [0.3, 0.4) is 0 Å². The molecule has 1 saturated heterocycles. The average Bonchev–Trinajstić information content (AvgIpc) is 2.95. The molecule has 6 heteroatoms. The van der Waals surface area contributed by atoms with E-state index < -0.39 is 11.6 Å². The van der Waals surface area contributed by atoms with Crippen LogP contribution in [0.4, 0.5) is 4.79 Å². The minimum Gasteiger partial charge on any atom is -0.462 e. The number of piperidine rings is 1. The van der Waals surface area contributed by atoms with E-state index in [4.69, 9.17) is 13.9 Å². The molecule has 0 aliphatic carbocycles. The van der Waals surface area contributed by atoms with Gasteiger partial charge in [0.25, 0.3) is 0 Å². The smallest absolute Gasteiger partial charge is 0.410 e. The highest BCUT2D eigenvalue weighted by Crippen LogP contribution is 2.20. The van der Waals surface area contributed by atoms with Crippen molar-refractivity contribution < 1.29 is 23.5 Å². The number of furan rings is 1. The van der Waals surface area contributed by atoms with Gasteiger partial charge in [-0.2, -0.15) is 0 Å². The standard InChI is InChI=1S/C19H27NO5/c1-14-8-9-16(24-14)10-11-17(21)23-13-15-7-5-6-12-20(15)18(22)25-19(2,3)4/h8-11,15H,5-7,12-13H2,1-4H3/b11-10+. The number of amides is 1. The van der Waals surface area contributed by atoms with E-state index in [1.54, 1.807) is 17.0 Å². The molecule has 1 fully saturated rings. The van der Waals surface area contributed by atoms with E-state index in [1.165, 1.54) is 6.08 Å². The highest BCUT2D eigenvalue weighted by molar-refractivity contribution is 5.86. The number of nitrogens with zero attached hydrogens (tertiary/aromatic N) is 1. The third-order valence-corrected chi connectivity index (χ3v) is 3.82. The molecule has 0 bridgehead atoms. The first-order chi connectivity index (χ1) is 11.7. The maximum atomic E-state index is 12.3. The average molecular weight is 349 g/mol. The Bertz CT molecular complexity index is 626. The number of hydrogen-bond donors (Lipinski definition) is 0. The molecule has 0 spiro atoms. The summed E-state index contributed by atoms with van der Waals surface area (Å²) in [7, 11) is 0. The summed E-state index contributed by atoms with van der Waals surface area (Å²) in [4.78, 5) is 25.9. The van der Waals surface area contributed by atoms with Crippen LogP contribution in [0.2, 0.25) is 0 Å². The van der Waals surface area contributed by atoms with Gasteiger partial charge in [0.2, 0.25) is 0 Å². The molecule has 2 rings (SSSR count). The number of ether oxygens (including phenoxy) is 2. The molecule has 138 valence electrons. The highest BCUT2D eigenvalue weighted by Gasteiger charge is 2.31. The zero-order valence-corrected chi connectivity index (χ0v) is 15.4. The van der Waals surface area contributed by atoms with Crippen molar-refractivity contribution in [2.24, 2.45) is 0 Å². The Kier molecular flexibility index (Phi) is 6.28. The predicted octanol–water partition coefficient (Wildman–Crippen LogP) is 3.93. The molecule has 0 aromatic carbocycles. The number of aryl methyl sites for hydroxylation is 1. The summed E-state index contributed by atoms with van der Waals surface area (Å²) in [5.41, 5.74) is -0.542. The molecule has 0 N–H and O–H groups in total. The van der Waals surface area contributed by atoms with Gasteiger partial charge in [0, 0.05) is 12.6 Å². The molecular formula is C19H27NO5. The zero-order chi connectivity index (χ0) is 18.4. The van der Waals surface area contributed by atoms with Gasteiger partial charge in [0.1, 0.15) is 23.7 Å². The summed E-state index contributed by atoms with van der Waals surface area (Å²) >= 11 is 0. The van der Waals surface area contributed by atoms with Crippen LogP contribution in [0.15, 0.2) is 22.6 Å². The van der Waals surface area contributed by atoms with Crippen molar-refractivity contribution >= 4 is 18.1 Å². The summed E-state index contributed by atoms with van der Waals surface area (Å²) in [6.07, 6.45) is 5.29. The van der Waals surface area contributed by atoms with Gasteiger partial charge >= 0.3 is 12.1 Å². The summed E-state index contributed by atoms with van der Waals surface area (Å²) < 4.78 is 16.1. The summed E-state index contributed by atoms with van der Waals surface area (Å²) in [6, 6.07) is 3.46. The first kappa shape index (κ1) is 19.1. The van der Waals surface area contributed by atoms with Crippen molar-refractivity contribution in [3.63, 3.8) is 0 Å². The molecule has 1 aromatic heterocycles. The van der Waals surface area contributed by atoms with Crippen LogP contribution in [0.1, 0.15) is 51.6 Å². The van der Waals surface area contributed by atoms with Crippen molar-refractivity contribution in [3.8, 4) is 0 Å². The van der Waals surface area contributed by atoms with Crippen LogP contribution in [0.5, 0.6) is 0 Å². The second kappa shape index (κ2) is 8.23. The lowest BCUT2D eigenvalue weighted by Gasteiger charge is -2.36. The van der Waals surface area contributed by atoms with E-state index in [0.717, 1.165) is 25.0 Å². The Labute approximate surface area is 148 Å². The van der Waals surface area contributed by atoms with Crippen LogP contribution >= 0.6 is 0 Å². The van der Waals surface area contributed by atoms with Gasteiger partial charge in [-0.1, -0.05) is 0 Å². The molecule has 6 nitrogen and oxygen atoms in total. The Morgan fingerprint density at radius 1 is 1.32 bits per heavy atom. The lowest BCUT2D eigenvalue weighted by molar-refractivity contribution is -0.139. The fraction of sp³-hybridized carbons (Fsp3) is 0.579. The maximum Gasteiger partial charge on any atom is 0.410 e. The Hall–Kier alpha value is -2.24. The Balaban J connectivity index is 1.87. The van der Waals surface area contributed by atoms with Crippen LogP contribution in [-0.2, 0) is 14.3 Å². The Morgan fingerprint density at radius 3 is 2.72 bits per heavy atom. The second-order valence-electron chi connectivity index (χ2n) is 7.24. The number of carbonyl (C=O) groups excluding carboxylic acids is 2. The fourth-order valence-electron chi connectivity index (χ4n) is 2.65. The maximum absolute atomic E-state index is 12.3. The monoisotopic (exact) mass is 349 g/mol. The number of carbonyl (C=O) groups is 2. The van der Waals surface area contributed by atoms with Crippen LogP contribution in [-0.4, -0.2) is 41.8 Å². The molecule has 2 heterocycles. The first-order valence-corrected chi connectivity index (χ1v) is 8.65. The molecule has 0 radical (unpaired) electrons. The highest BCUT2D eigenvalue weighted by atomic mass is 16.6. The SMILES string of the molecule is Cc1ccc(/C=C/C(=O)OCC2CCCCN2C(=O)OC(C)(C)C)o1. The van der Waals surface area contributed by atoms with E-state index >= 15 is 0 Å². The molecule has 1 unspecified atom stereocenters. The first-order valence-electron chi connectivity index (χ1n) is 8.65. The van der Waals surface area contributed by atoms with Crippen LogP contribution < -0.4 is 0 Å². The largest absolute Gasteiger partial charge is 0.462 e. The predicted molar refractivity (Wildman–Crippen MR) is 94.0 cm³/mol. The molecule has 1 amide bonds. The van der Waals surface area contributed by atoms with Crippen molar-refractivity contribution in [2.75, 3.05) is 13.2 Å². The number of likely N-dealkylation sites (tertiary alicyclic amines) is 1. The third-order valence-electron chi connectivity index (χ3n) is 3.82. The second-order valence-corrected chi connectivity index (χ2v) is 7.24. The lowest BCUT2D eigenvalue weighted by Crippen LogP contribution is -2.48. The zero-order valence-electron chi connectivity index (χ0n) is 15.4. The topological polar surface area (TPSA) is 69.0 Å². The van der Waals surface area contributed by atoms with E-state index in [9.17, 15) is 9.59 Å². The number of esters is 1. The Morgan fingerprint density at radius 2 is 2.08 bits per heavy atom. The van der Waals surface area contributed by atoms with Crippen LogP contribution in [0.25, 0.3) is 6.08 Å². The van der Waals surface area contributed by atoms with E-state index in [1.807, 2.05) is 33.8 Å². The molecule has 25 heavy (non-hydrogen) atoms. The summed E-state index contributed by atoms with van der Waals surface area (Å²) in [5, 5.41) is 0.